The molecule has 0 bridgehead atoms. The monoisotopic (exact) mass is 267 g/mol. The van der Waals surface area contributed by atoms with Gasteiger partial charge in [-0.25, -0.2) is 0 Å². The number of hydrogen-bond acceptors (Lipinski definition) is 1. The first-order valence-electron chi connectivity index (χ1n) is 5.28. The highest BCUT2D eigenvalue weighted by Gasteiger charge is 2.10. The van der Waals surface area contributed by atoms with E-state index in [0.29, 0.717) is 0 Å². The predicted octanol–water partition coefficient (Wildman–Crippen LogP) is 4.11. The molecule has 2 N–H and O–H groups in total. The van der Waals surface area contributed by atoms with Gasteiger partial charge in [-0.2, -0.15) is 0 Å². The van der Waals surface area contributed by atoms with Crippen molar-refractivity contribution in [2.45, 2.75) is 32.2 Å². The van der Waals surface area contributed by atoms with Gasteiger partial charge >= 0.3 is 0 Å². The van der Waals surface area contributed by atoms with E-state index in [1.807, 2.05) is 6.08 Å². The van der Waals surface area contributed by atoms with Crippen LogP contribution in [0.1, 0.15) is 36.4 Å². The normalized spacial score (nSPS) is 12.5. The number of nitrogens with two attached hydrogens (primary N) is 1. The minimum atomic E-state index is 0.124. The van der Waals surface area contributed by atoms with Gasteiger partial charge in [-0.3, -0.25) is 0 Å². The first-order chi connectivity index (χ1) is 7.16. The van der Waals surface area contributed by atoms with Gasteiger partial charge in [0.25, 0.3) is 0 Å². The molecule has 2 heteroatoms. The lowest BCUT2D eigenvalue weighted by Crippen LogP contribution is -2.11. The van der Waals surface area contributed by atoms with E-state index in [-0.39, 0.29) is 6.04 Å². The summed E-state index contributed by atoms with van der Waals surface area (Å²) in [6, 6.07) is 6.36. The fourth-order valence-electron chi connectivity index (χ4n) is 1.59. The minimum Gasteiger partial charge on any atom is -0.324 e. The maximum Gasteiger partial charge on any atom is 0.0306 e. The van der Waals surface area contributed by atoms with Crippen molar-refractivity contribution in [2.75, 3.05) is 0 Å². The van der Waals surface area contributed by atoms with Crippen molar-refractivity contribution in [3.8, 4) is 0 Å². The van der Waals surface area contributed by atoms with Crippen LogP contribution in [-0.2, 0) is 0 Å². The number of unbranched alkanes of at least 4 members (excludes halogenated alkanes) is 1. The maximum absolute atomic E-state index is 6.14. The molecule has 15 heavy (non-hydrogen) atoms. The summed E-state index contributed by atoms with van der Waals surface area (Å²) in [4.78, 5) is 0. The van der Waals surface area contributed by atoms with Gasteiger partial charge in [-0.15, -0.1) is 6.58 Å². The van der Waals surface area contributed by atoms with Crippen molar-refractivity contribution in [2.24, 2.45) is 5.73 Å². The smallest absolute Gasteiger partial charge is 0.0306 e. The van der Waals surface area contributed by atoms with Crippen LogP contribution >= 0.6 is 15.9 Å². The van der Waals surface area contributed by atoms with Crippen LogP contribution in [0.25, 0.3) is 0 Å². The van der Waals surface area contributed by atoms with Gasteiger partial charge in [0.1, 0.15) is 0 Å². The molecule has 0 saturated heterocycles. The van der Waals surface area contributed by atoms with E-state index in [9.17, 15) is 0 Å². The third kappa shape index (κ3) is 3.47. The van der Waals surface area contributed by atoms with E-state index in [1.54, 1.807) is 0 Å². The standard InChI is InChI=1S/C13H18BrN/c1-3-4-5-9-12(15)11-8-6-7-10(2)13(11)14/h3,6-8,12H,1,4-5,9,15H2,2H3. The summed E-state index contributed by atoms with van der Waals surface area (Å²) < 4.78 is 1.15. The van der Waals surface area contributed by atoms with Crippen LogP contribution in [0.2, 0.25) is 0 Å². The van der Waals surface area contributed by atoms with Gasteiger partial charge in [0.05, 0.1) is 0 Å². The molecule has 1 rings (SSSR count). The van der Waals surface area contributed by atoms with E-state index in [1.165, 1.54) is 11.1 Å². The highest BCUT2D eigenvalue weighted by atomic mass is 79.9. The van der Waals surface area contributed by atoms with Crippen LogP contribution in [0.5, 0.6) is 0 Å². The number of allylic oxidation sites excluding steroid dienone is 1. The Bertz CT molecular complexity index is 333. The fraction of sp³-hybridized carbons (Fsp3) is 0.385. The lowest BCUT2D eigenvalue weighted by Gasteiger charge is -2.14. The second-order valence-corrected chi connectivity index (χ2v) is 4.60. The Morgan fingerprint density at radius 2 is 2.27 bits per heavy atom. The Balaban J connectivity index is 2.68. The van der Waals surface area contributed by atoms with Crippen molar-refractivity contribution >= 4 is 15.9 Å². The molecule has 0 fully saturated rings. The van der Waals surface area contributed by atoms with Crippen LogP contribution < -0.4 is 5.73 Å². The maximum atomic E-state index is 6.14. The lowest BCUT2D eigenvalue weighted by atomic mass is 10.0. The van der Waals surface area contributed by atoms with Crippen molar-refractivity contribution in [3.63, 3.8) is 0 Å². The Hall–Kier alpha value is -0.600. The number of hydrogen-bond donors (Lipinski definition) is 1. The van der Waals surface area contributed by atoms with E-state index in [4.69, 9.17) is 5.73 Å². The van der Waals surface area contributed by atoms with E-state index in [2.05, 4.69) is 47.6 Å². The number of halogens is 1. The quantitative estimate of drug-likeness (QED) is 0.631. The van der Waals surface area contributed by atoms with Crippen LogP contribution in [0.15, 0.2) is 35.3 Å². The van der Waals surface area contributed by atoms with Gasteiger partial charge in [0.15, 0.2) is 0 Å². The van der Waals surface area contributed by atoms with Gasteiger partial charge in [0.2, 0.25) is 0 Å². The molecule has 1 nitrogen and oxygen atoms in total. The zero-order valence-electron chi connectivity index (χ0n) is 9.17. The molecular weight excluding hydrogens is 250 g/mol. The largest absolute Gasteiger partial charge is 0.324 e. The molecule has 0 radical (unpaired) electrons. The highest BCUT2D eigenvalue weighted by Crippen LogP contribution is 2.27. The van der Waals surface area contributed by atoms with Crippen molar-refractivity contribution < 1.29 is 0 Å². The second-order valence-electron chi connectivity index (χ2n) is 3.80. The molecule has 0 saturated carbocycles. The fourth-order valence-corrected chi connectivity index (χ4v) is 2.15. The molecule has 1 aromatic carbocycles. The molecule has 0 heterocycles. The summed E-state index contributed by atoms with van der Waals surface area (Å²) in [7, 11) is 0. The molecule has 0 aromatic heterocycles. The number of aryl methyl sites for hydroxylation is 1. The van der Waals surface area contributed by atoms with Crippen LogP contribution in [-0.4, -0.2) is 0 Å². The molecular formula is C13H18BrN. The SMILES string of the molecule is C=CCCCC(N)c1cccc(C)c1Br. The Kier molecular flexibility index (Phi) is 5.06. The summed E-state index contributed by atoms with van der Waals surface area (Å²) in [6.07, 6.45) is 5.09. The Morgan fingerprint density at radius 3 is 2.93 bits per heavy atom. The summed E-state index contributed by atoms with van der Waals surface area (Å²) in [5, 5.41) is 0. The minimum absolute atomic E-state index is 0.124. The molecule has 0 aliphatic heterocycles. The van der Waals surface area contributed by atoms with E-state index >= 15 is 0 Å². The van der Waals surface area contributed by atoms with Gasteiger partial charge in [0, 0.05) is 10.5 Å². The molecule has 0 amide bonds. The van der Waals surface area contributed by atoms with Crippen LogP contribution in [0.3, 0.4) is 0 Å². The average Bonchev–Trinajstić information content (AvgIpc) is 2.22. The molecule has 0 spiro atoms. The predicted molar refractivity (Wildman–Crippen MR) is 69.9 cm³/mol. The molecule has 0 aliphatic carbocycles. The summed E-state index contributed by atoms with van der Waals surface area (Å²) >= 11 is 3.59. The van der Waals surface area contributed by atoms with Crippen molar-refractivity contribution in [3.05, 3.63) is 46.5 Å². The van der Waals surface area contributed by atoms with Crippen molar-refractivity contribution in [1.82, 2.24) is 0 Å². The number of rotatable bonds is 5. The topological polar surface area (TPSA) is 26.0 Å². The zero-order valence-corrected chi connectivity index (χ0v) is 10.8. The third-order valence-electron chi connectivity index (χ3n) is 2.54. The molecule has 82 valence electrons. The summed E-state index contributed by atoms with van der Waals surface area (Å²) in [5.41, 5.74) is 8.59. The van der Waals surface area contributed by atoms with Gasteiger partial charge < -0.3 is 5.73 Å². The Labute approximate surface area is 101 Å². The molecule has 1 aromatic rings. The van der Waals surface area contributed by atoms with Crippen molar-refractivity contribution in [1.29, 1.82) is 0 Å². The first-order valence-corrected chi connectivity index (χ1v) is 6.07. The third-order valence-corrected chi connectivity index (χ3v) is 3.63. The highest BCUT2D eigenvalue weighted by molar-refractivity contribution is 9.10. The molecule has 1 unspecified atom stereocenters. The van der Waals surface area contributed by atoms with E-state index < -0.39 is 0 Å². The lowest BCUT2D eigenvalue weighted by molar-refractivity contribution is 0.615. The van der Waals surface area contributed by atoms with Crippen LogP contribution in [0.4, 0.5) is 0 Å². The zero-order chi connectivity index (χ0) is 11.3. The van der Waals surface area contributed by atoms with E-state index in [0.717, 1.165) is 23.7 Å². The summed E-state index contributed by atoms with van der Waals surface area (Å²) in [5.74, 6) is 0. The average molecular weight is 268 g/mol. The van der Waals surface area contributed by atoms with Gasteiger partial charge in [-0.1, -0.05) is 40.2 Å². The first kappa shape index (κ1) is 12.5. The van der Waals surface area contributed by atoms with Gasteiger partial charge in [-0.05, 0) is 37.3 Å². The molecule has 0 aliphatic rings. The second kappa shape index (κ2) is 6.09. The summed E-state index contributed by atoms with van der Waals surface area (Å²) in [6.45, 7) is 5.80. The Morgan fingerprint density at radius 1 is 1.53 bits per heavy atom. The number of benzene rings is 1. The van der Waals surface area contributed by atoms with Crippen LogP contribution in [0, 0.1) is 6.92 Å². The molecule has 1 atom stereocenters.